The van der Waals surface area contributed by atoms with E-state index in [-0.39, 0.29) is 24.7 Å². The molecule has 0 radical (unpaired) electrons. The van der Waals surface area contributed by atoms with Crippen LogP contribution < -0.4 is 15.4 Å². The summed E-state index contributed by atoms with van der Waals surface area (Å²) < 4.78 is 6.43. The maximum absolute atomic E-state index is 12.7. The largest absolute Gasteiger partial charge is 0.494 e. The summed E-state index contributed by atoms with van der Waals surface area (Å²) in [7, 11) is 0. The first-order chi connectivity index (χ1) is 15.3. The first-order valence-corrected chi connectivity index (χ1v) is 11.7. The van der Waals surface area contributed by atoms with Crippen LogP contribution in [0.2, 0.25) is 0 Å². The molecule has 0 aliphatic rings. The van der Waals surface area contributed by atoms with Crippen molar-refractivity contribution in [3.63, 3.8) is 0 Å². The zero-order chi connectivity index (χ0) is 23.1. The van der Waals surface area contributed by atoms with Crippen molar-refractivity contribution >= 4 is 61.9 Å². The number of hydrogen-bond acceptors (Lipinski definition) is 7. The summed E-state index contributed by atoms with van der Waals surface area (Å²) in [5.74, 6) is -0.814. The quantitative estimate of drug-likeness (QED) is 0.368. The first-order valence-electron chi connectivity index (χ1n) is 9.96. The van der Waals surface area contributed by atoms with Gasteiger partial charge >= 0.3 is 5.97 Å². The van der Waals surface area contributed by atoms with Gasteiger partial charge < -0.3 is 20.5 Å². The number of aromatic nitrogens is 1. The molecule has 8 nitrogen and oxygen atoms in total. The van der Waals surface area contributed by atoms with E-state index >= 15 is 0 Å². The van der Waals surface area contributed by atoms with Crippen LogP contribution in [-0.4, -0.2) is 39.7 Å². The second-order valence-electron chi connectivity index (χ2n) is 6.80. The van der Waals surface area contributed by atoms with Gasteiger partial charge in [0.15, 0.2) is 5.13 Å². The van der Waals surface area contributed by atoms with Gasteiger partial charge in [0.1, 0.15) is 5.75 Å². The SMILES string of the molecule is CCOc1ccc2nc(NC(=O)C(C)Sc3cccc(NC(=O)CCC(=O)O)c3)sc2c1. The van der Waals surface area contributed by atoms with Crippen LogP contribution in [0.25, 0.3) is 10.2 Å². The highest BCUT2D eigenvalue weighted by Crippen LogP contribution is 2.31. The van der Waals surface area contributed by atoms with E-state index in [0.717, 1.165) is 20.9 Å². The van der Waals surface area contributed by atoms with Crippen molar-refractivity contribution in [1.29, 1.82) is 0 Å². The Labute approximate surface area is 193 Å². The molecule has 3 N–H and O–H groups in total. The Morgan fingerprint density at radius 3 is 2.72 bits per heavy atom. The molecule has 2 aromatic carbocycles. The minimum Gasteiger partial charge on any atom is -0.494 e. The molecule has 3 rings (SSSR count). The molecule has 0 saturated carbocycles. The van der Waals surface area contributed by atoms with Gasteiger partial charge in [-0.15, -0.1) is 11.8 Å². The molecule has 0 spiro atoms. The molecule has 2 amide bonds. The van der Waals surface area contributed by atoms with Gasteiger partial charge in [-0.05, 0) is 50.2 Å². The fraction of sp³-hybridized carbons (Fsp3) is 0.273. The lowest BCUT2D eigenvalue weighted by Crippen LogP contribution is -2.22. The van der Waals surface area contributed by atoms with E-state index in [1.54, 1.807) is 25.1 Å². The smallest absolute Gasteiger partial charge is 0.303 e. The lowest BCUT2D eigenvalue weighted by molar-refractivity contribution is -0.138. The third-order valence-corrected chi connectivity index (χ3v) is 6.29. The number of ether oxygens (including phenoxy) is 1. The number of nitrogens with one attached hydrogen (secondary N) is 2. The Balaban J connectivity index is 1.59. The predicted molar refractivity (Wildman–Crippen MR) is 127 cm³/mol. The van der Waals surface area contributed by atoms with Gasteiger partial charge in [-0.1, -0.05) is 17.4 Å². The fourth-order valence-electron chi connectivity index (χ4n) is 2.77. The summed E-state index contributed by atoms with van der Waals surface area (Å²) in [5.41, 5.74) is 1.34. The van der Waals surface area contributed by atoms with Gasteiger partial charge in [-0.3, -0.25) is 14.4 Å². The first kappa shape index (κ1) is 23.6. The molecular formula is C22H23N3O5S2. The van der Waals surface area contributed by atoms with Crippen molar-refractivity contribution < 1.29 is 24.2 Å². The molecule has 1 atom stereocenters. The summed E-state index contributed by atoms with van der Waals surface area (Å²) in [6.07, 6.45) is -0.323. The highest BCUT2D eigenvalue weighted by atomic mass is 32.2. The molecule has 0 saturated heterocycles. The van der Waals surface area contributed by atoms with Crippen molar-refractivity contribution in [3.05, 3.63) is 42.5 Å². The van der Waals surface area contributed by atoms with Crippen molar-refractivity contribution in [1.82, 2.24) is 4.98 Å². The number of nitrogens with zero attached hydrogens (tertiary/aromatic N) is 1. The Hall–Kier alpha value is -3.11. The van der Waals surface area contributed by atoms with E-state index in [2.05, 4.69) is 15.6 Å². The van der Waals surface area contributed by atoms with Gasteiger partial charge in [0.25, 0.3) is 0 Å². The topological polar surface area (TPSA) is 118 Å². The number of carbonyl (C=O) groups is 3. The van der Waals surface area contributed by atoms with Crippen molar-refractivity contribution in [2.75, 3.05) is 17.2 Å². The number of benzene rings is 2. The van der Waals surface area contributed by atoms with Crippen LogP contribution in [0.4, 0.5) is 10.8 Å². The van der Waals surface area contributed by atoms with E-state index in [1.807, 2.05) is 31.2 Å². The average molecular weight is 474 g/mol. The summed E-state index contributed by atoms with van der Waals surface area (Å²) in [6, 6.07) is 12.7. The third-order valence-electron chi connectivity index (χ3n) is 4.27. The monoisotopic (exact) mass is 473 g/mol. The number of carbonyl (C=O) groups excluding carboxylic acids is 2. The van der Waals surface area contributed by atoms with Crippen molar-refractivity contribution in [3.8, 4) is 5.75 Å². The van der Waals surface area contributed by atoms with Crippen LogP contribution in [0.5, 0.6) is 5.75 Å². The van der Waals surface area contributed by atoms with Gasteiger partial charge in [-0.2, -0.15) is 0 Å². The lowest BCUT2D eigenvalue weighted by atomic mass is 10.2. The van der Waals surface area contributed by atoms with Crippen LogP contribution in [-0.2, 0) is 14.4 Å². The Morgan fingerprint density at radius 2 is 1.97 bits per heavy atom. The molecule has 0 fully saturated rings. The second kappa shape index (κ2) is 11.0. The van der Waals surface area contributed by atoms with E-state index in [1.165, 1.54) is 23.1 Å². The highest BCUT2D eigenvalue weighted by molar-refractivity contribution is 8.00. The second-order valence-corrected chi connectivity index (χ2v) is 9.25. The molecule has 0 aliphatic heterocycles. The molecular weight excluding hydrogens is 450 g/mol. The lowest BCUT2D eigenvalue weighted by Gasteiger charge is -2.12. The Bertz CT molecular complexity index is 1130. The molecule has 1 unspecified atom stereocenters. The number of hydrogen-bond donors (Lipinski definition) is 3. The molecule has 3 aromatic rings. The molecule has 10 heteroatoms. The summed E-state index contributed by atoms with van der Waals surface area (Å²) in [5, 5.41) is 14.3. The minimum absolute atomic E-state index is 0.0975. The summed E-state index contributed by atoms with van der Waals surface area (Å²) >= 11 is 2.73. The van der Waals surface area contributed by atoms with Crippen LogP contribution in [0.1, 0.15) is 26.7 Å². The maximum atomic E-state index is 12.7. The molecule has 1 aromatic heterocycles. The van der Waals surface area contributed by atoms with Gasteiger partial charge in [0.2, 0.25) is 11.8 Å². The minimum atomic E-state index is -1.02. The van der Waals surface area contributed by atoms with Gasteiger partial charge in [0, 0.05) is 17.0 Å². The number of anilines is 2. The number of thiazole rings is 1. The van der Waals surface area contributed by atoms with E-state index < -0.39 is 11.2 Å². The molecule has 168 valence electrons. The fourth-order valence-corrected chi connectivity index (χ4v) is 4.59. The summed E-state index contributed by atoms with van der Waals surface area (Å²) in [4.78, 5) is 40.3. The van der Waals surface area contributed by atoms with E-state index in [9.17, 15) is 14.4 Å². The highest BCUT2D eigenvalue weighted by Gasteiger charge is 2.17. The number of amides is 2. The Kier molecular flexibility index (Phi) is 8.07. The predicted octanol–water partition coefficient (Wildman–Crippen LogP) is 4.62. The zero-order valence-corrected chi connectivity index (χ0v) is 19.2. The number of aliphatic carboxylic acids is 1. The third kappa shape index (κ3) is 6.69. The maximum Gasteiger partial charge on any atom is 0.303 e. The van der Waals surface area contributed by atoms with Crippen LogP contribution >= 0.6 is 23.1 Å². The standard InChI is InChI=1S/C22H23N3O5S2/c1-3-30-15-7-8-17-18(12-15)32-22(24-17)25-21(29)13(2)31-16-6-4-5-14(11-16)23-19(26)9-10-20(27)28/h4-8,11-13H,3,9-10H2,1-2H3,(H,23,26)(H,27,28)(H,24,25,29). The van der Waals surface area contributed by atoms with E-state index in [4.69, 9.17) is 9.84 Å². The van der Waals surface area contributed by atoms with E-state index in [0.29, 0.717) is 17.4 Å². The number of rotatable bonds is 10. The van der Waals surface area contributed by atoms with Gasteiger partial charge in [0.05, 0.1) is 28.5 Å². The summed E-state index contributed by atoms with van der Waals surface area (Å²) in [6.45, 7) is 4.29. The number of thioether (sulfide) groups is 1. The zero-order valence-electron chi connectivity index (χ0n) is 17.6. The van der Waals surface area contributed by atoms with Crippen molar-refractivity contribution in [2.45, 2.75) is 36.8 Å². The normalized spacial score (nSPS) is 11.7. The number of carboxylic acid groups (broad SMARTS) is 1. The number of carboxylic acids is 1. The van der Waals surface area contributed by atoms with Crippen molar-refractivity contribution in [2.24, 2.45) is 0 Å². The molecule has 32 heavy (non-hydrogen) atoms. The van der Waals surface area contributed by atoms with Gasteiger partial charge in [-0.25, -0.2) is 4.98 Å². The average Bonchev–Trinajstić information content (AvgIpc) is 3.14. The van der Waals surface area contributed by atoms with Crippen LogP contribution in [0.3, 0.4) is 0 Å². The molecule has 1 heterocycles. The molecule has 0 bridgehead atoms. The van der Waals surface area contributed by atoms with Crippen LogP contribution in [0, 0.1) is 0 Å². The number of fused-ring (bicyclic) bond motifs is 1. The van der Waals surface area contributed by atoms with Crippen LogP contribution in [0.15, 0.2) is 47.4 Å². The Morgan fingerprint density at radius 1 is 1.16 bits per heavy atom. The molecule has 0 aliphatic carbocycles.